The van der Waals surface area contributed by atoms with Crippen molar-refractivity contribution in [2.75, 3.05) is 19.7 Å². The zero-order chi connectivity index (χ0) is 14.0. The first kappa shape index (κ1) is 13.8. The second-order valence-corrected chi connectivity index (χ2v) is 5.98. The van der Waals surface area contributed by atoms with Crippen LogP contribution in [-0.2, 0) is 5.60 Å². The molecule has 3 rings (SSSR count). The summed E-state index contributed by atoms with van der Waals surface area (Å²) in [5.74, 6) is 0.770. The topological polar surface area (TPSA) is 45.6 Å². The third-order valence-electron chi connectivity index (χ3n) is 4.63. The summed E-state index contributed by atoms with van der Waals surface area (Å²) in [6.45, 7) is 4.88. The van der Waals surface area contributed by atoms with E-state index in [0.717, 1.165) is 43.7 Å². The van der Waals surface area contributed by atoms with Gasteiger partial charge in [0.25, 0.3) is 0 Å². The van der Waals surface area contributed by atoms with Crippen molar-refractivity contribution in [1.29, 1.82) is 0 Å². The monoisotopic (exact) mass is 276 g/mol. The molecule has 20 heavy (non-hydrogen) atoms. The highest BCUT2D eigenvalue weighted by molar-refractivity contribution is 5.31. The molecule has 0 aliphatic carbocycles. The fourth-order valence-electron chi connectivity index (χ4n) is 3.57. The van der Waals surface area contributed by atoms with Crippen LogP contribution in [0.25, 0.3) is 0 Å². The molecule has 0 aromatic carbocycles. The predicted molar refractivity (Wildman–Crippen MR) is 77.7 cm³/mol. The molecule has 0 saturated carbocycles. The summed E-state index contributed by atoms with van der Waals surface area (Å²) in [7, 11) is 0. The molecule has 0 radical (unpaired) electrons. The van der Waals surface area contributed by atoms with Gasteiger partial charge in [0, 0.05) is 24.3 Å². The predicted octanol–water partition coefficient (Wildman–Crippen LogP) is 2.32. The van der Waals surface area contributed by atoms with E-state index in [1.54, 1.807) is 12.4 Å². The number of aliphatic hydroxyl groups is 1. The Labute approximate surface area is 120 Å². The summed E-state index contributed by atoms with van der Waals surface area (Å²) >= 11 is 0. The maximum atomic E-state index is 11.2. The number of hydrogen-bond acceptors (Lipinski definition) is 4. The smallest absolute Gasteiger partial charge is 0.137 e. The van der Waals surface area contributed by atoms with E-state index in [-0.39, 0.29) is 6.04 Å². The van der Waals surface area contributed by atoms with Gasteiger partial charge >= 0.3 is 0 Å². The van der Waals surface area contributed by atoms with Crippen LogP contribution < -0.4 is 4.74 Å². The number of ether oxygens (including phenoxy) is 1. The number of aromatic nitrogens is 1. The molecule has 0 bridgehead atoms. The highest BCUT2D eigenvalue weighted by Crippen LogP contribution is 2.42. The van der Waals surface area contributed by atoms with Crippen LogP contribution in [0.3, 0.4) is 0 Å². The van der Waals surface area contributed by atoms with Crippen LogP contribution in [0.1, 0.15) is 44.6 Å². The van der Waals surface area contributed by atoms with Crippen molar-refractivity contribution in [2.24, 2.45) is 0 Å². The van der Waals surface area contributed by atoms with Gasteiger partial charge in [0.1, 0.15) is 11.4 Å². The van der Waals surface area contributed by atoms with Crippen LogP contribution in [0, 0.1) is 0 Å². The average Bonchev–Trinajstić information content (AvgIpc) is 2.85. The number of piperidine rings is 1. The molecule has 2 aliphatic heterocycles. The van der Waals surface area contributed by atoms with Crippen LogP contribution in [0.15, 0.2) is 18.5 Å². The Hall–Kier alpha value is -1.13. The maximum Gasteiger partial charge on any atom is 0.137 e. The average molecular weight is 276 g/mol. The Bertz CT molecular complexity index is 466. The van der Waals surface area contributed by atoms with Gasteiger partial charge in [0.15, 0.2) is 0 Å². The lowest BCUT2D eigenvalue weighted by molar-refractivity contribution is -0.0142. The van der Waals surface area contributed by atoms with E-state index in [1.165, 1.54) is 12.8 Å². The summed E-state index contributed by atoms with van der Waals surface area (Å²) in [6, 6.07) is 2.22. The summed E-state index contributed by atoms with van der Waals surface area (Å²) in [4.78, 5) is 6.70. The normalized spacial score (nSPS) is 30.2. The van der Waals surface area contributed by atoms with Gasteiger partial charge in [-0.2, -0.15) is 0 Å². The molecule has 2 saturated heterocycles. The Morgan fingerprint density at radius 3 is 3.15 bits per heavy atom. The summed E-state index contributed by atoms with van der Waals surface area (Å²) in [5, 5.41) is 11.2. The van der Waals surface area contributed by atoms with Crippen molar-refractivity contribution in [2.45, 2.75) is 50.7 Å². The molecule has 110 valence electrons. The molecule has 2 unspecified atom stereocenters. The lowest BCUT2D eigenvalue weighted by Crippen LogP contribution is -2.45. The number of hydrogen-bond donors (Lipinski definition) is 1. The molecular formula is C16H24N2O2. The van der Waals surface area contributed by atoms with E-state index >= 15 is 0 Å². The first-order valence-corrected chi connectivity index (χ1v) is 7.79. The van der Waals surface area contributed by atoms with Crippen molar-refractivity contribution in [3.63, 3.8) is 0 Å². The molecule has 2 fully saturated rings. The minimum atomic E-state index is -0.751. The molecule has 4 heteroatoms. The first-order valence-electron chi connectivity index (χ1n) is 7.79. The Morgan fingerprint density at radius 2 is 2.30 bits per heavy atom. The Balaban J connectivity index is 1.83. The summed E-state index contributed by atoms with van der Waals surface area (Å²) < 4.78 is 5.65. The fraction of sp³-hybridized carbons (Fsp3) is 0.688. The Kier molecular flexibility index (Phi) is 3.94. The zero-order valence-corrected chi connectivity index (χ0v) is 12.2. The third-order valence-corrected chi connectivity index (χ3v) is 4.63. The van der Waals surface area contributed by atoms with Gasteiger partial charge in [-0.05, 0) is 38.3 Å². The molecule has 4 nitrogen and oxygen atoms in total. The quantitative estimate of drug-likeness (QED) is 0.916. The molecule has 1 aromatic heterocycles. The number of nitrogens with zero attached hydrogens (tertiary/aromatic N) is 2. The molecule has 1 N–H and O–H groups in total. The van der Waals surface area contributed by atoms with Crippen LogP contribution >= 0.6 is 0 Å². The van der Waals surface area contributed by atoms with Gasteiger partial charge in [-0.3, -0.25) is 9.88 Å². The van der Waals surface area contributed by atoms with Crippen molar-refractivity contribution in [1.82, 2.24) is 9.88 Å². The Morgan fingerprint density at radius 1 is 1.40 bits per heavy atom. The second kappa shape index (κ2) is 5.70. The van der Waals surface area contributed by atoms with Crippen molar-refractivity contribution in [3.8, 4) is 5.75 Å². The molecule has 2 atom stereocenters. The minimum absolute atomic E-state index is 0.250. The van der Waals surface area contributed by atoms with E-state index in [2.05, 4.69) is 16.8 Å². The lowest BCUT2D eigenvalue weighted by Gasteiger charge is -2.37. The molecule has 2 aliphatic rings. The fourth-order valence-corrected chi connectivity index (χ4v) is 3.57. The highest BCUT2D eigenvalue weighted by atomic mass is 16.5. The van der Waals surface area contributed by atoms with Crippen LogP contribution in [0.4, 0.5) is 0 Å². The van der Waals surface area contributed by atoms with E-state index in [1.807, 2.05) is 6.07 Å². The standard InChI is InChI=1S/C16H24N2O2/c1-2-9-20-14-10-13(11-17-12-14)16(19)6-8-18-7-4-3-5-15(16)18/h10-12,15,19H,2-9H2,1H3. The van der Waals surface area contributed by atoms with E-state index in [4.69, 9.17) is 4.74 Å². The molecule has 3 heterocycles. The van der Waals surface area contributed by atoms with Crippen LogP contribution in [-0.4, -0.2) is 40.7 Å². The summed E-state index contributed by atoms with van der Waals surface area (Å²) in [6.07, 6.45) is 8.86. The van der Waals surface area contributed by atoms with Crippen molar-refractivity contribution < 1.29 is 9.84 Å². The first-order chi connectivity index (χ1) is 9.74. The lowest BCUT2D eigenvalue weighted by atomic mass is 9.83. The molecule has 0 spiro atoms. The highest BCUT2D eigenvalue weighted by Gasteiger charge is 2.48. The van der Waals surface area contributed by atoms with E-state index in [9.17, 15) is 5.11 Å². The van der Waals surface area contributed by atoms with Gasteiger partial charge in [0.05, 0.1) is 12.8 Å². The molecule has 1 aromatic rings. The number of rotatable bonds is 4. The maximum absolute atomic E-state index is 11.2. The van der Waals surface area contributed by atoms with E-state index in [0.29, 0.717) is 6.61 Å². The van der Waals surface area contributed by atoms with E-state index < -0.39 is 5.60 Å². The minimum Gasteiger partial charge on any atom is -0.492 e. The van der Waals surface area contributed by atoms with Gasteiger partial charge in [-0.1, -0.05) is 13.3 Å². The summed E-state index contributed by atoms with van der Waals surface area (Å²) in [5.41, 5.74) is 0.166. The third kappa shape index (κ3) is 2.42. The molecule has 0 amide bonds. The van der Waals surface area contributed by atoms with Gasteiger partial charge < -0.3 is 9.84 Å². The van der Waals surface area contributed by atoms with Crippen molar-refractivity contribution >= 4 is 0 Å². The van der Waals surface area contributed by atoms with Crippen LogP contribution in [0.5, 0.6) is 5.75 Å². The van der Waals surface area contributed by atoms with Gasteiger partial charge in [-0.15, -0.1) is 0 Å². The number of fused-ring (bicyclic) bond motifs is 1. The zero-order valence-electron chi connectivity index (χ0n) is 12.2. The van der Waals surface area contributed by atoms with Crippen LogP contribution in [0.2, 0.25) is 0 Å². The SMILES string of the molecule is CCCOc1cncc(C2(O)CCN3CCCCC32)c1. The number of pyridine rings is 1. The van der Waals surface area contributed by atoms with Gasteiger partial charge in [0.2, 0.25) is 0 Å². The van der Waals surface area contributed by atoms with Crippen molar-refractivity contribution in [3.05, 3.63) is 24.0 Å². The van der Waals surface area contributed by atoms with Gasteiger partial charge in [-0.25, -0.2) is 0 Å². The second-order valence-electron chi connectivity index (χ2n) is 5.98. The molecular weight excluding hydrogens is 252 g/mol. The largest absolute Gasteiger partial charge is 0.492 e.